The van der Waals surface area contributed by atoms with Crippen LogP contribution < -0.4 is 5.32 Å². The number of carbonyl (C=O) groups is 1. The molecular formula is C13H26N2O2. The first kappa shape index (κ1) is 14.5. The van der Waals surface area contributed by atoms with Crippen molar-refractivity contribution in [2.24, 2.45) is 5.92 Å². The molecule has 1 N–H and O–H groups in total. The summed E-state index contributed by atoms with van der Waals surface area (Å²) in [5, 5.41) is 3.25. The number of hydrogen-bond donors (Lipinski definition) is 1. The number of ether oxygens (including phenoxy) is 1. The van der Waals surface area contributed by atoms with E-state index in [4.69, 9.17) is 4.74 Å². The molecule has 17 heavy (non-hydrogen) atoms. The molecule has 1 unspecified atom stereocenters. The number of methoxy groups -OCH3 is 1. The molecular weight excluding hydrogens is 216 g/mol. The van der Waals surface area contributed by atoms with Gasteiger partial charge in [0.2, 0.25) is 0 Å². The Balaban J connectivity index is 2.58. The topological polar surface area (TPSA) is 41.6 Å². The maximum atomic E-state index is 11.9. The van der Waals surface area contributed by atoms with Crippen LogP contribution in [0.2, 0.25) is 0 Å². The lowest BCUT2D eigenvalue weighted by molar-refractivity contribution is -0.148. The molecule has 0 aliphatic heterocycles. The Bertz CT molecular complexity index is 254. The summed E-state index contributed by atoms with van der Waals surface area (Å²) in [5.74, 6) is 0.673. The first-order valence-corrected chi connectivity index (χ1v) is 6.61. The van der Waals surface area contributed by atoms with Gasteiger partial charge in [0.15, 0.2) is 0 Å². The molecule has 0 radical (unpaired) electrons. The molecule has 1 atom stereocenters. The number of rotatable bonds is 8. The van der Waals surface area contributed by atoms with E-state index >= 15 is 0 Å². The fraction of sp³-hybridized carbons (Fsp3) is 0.923. The maximum absolute atomic E-state index is 11.9. The smallest absolute Gasteiger partial charge is 0.327 e. The second-order valence-electron chi connectivity index (χ2n) is 5.13. The monoisotopic (exact) mass is 242 g/mol. The molecule has 1 aliphatic rings. The highest BCUT2D eigenvalue weighted by Crippen LogP contribution is 2.30. The Labute approximate surface area is 105 Å². The SMILES string of the molecule is CCNC(C)(CN(CC)CC1CC1)C(=O)OC. The van der Waals surface area contributed by atoms with E-state index in [9.17, 15) is 4.79 Å². The van der Waals surface area contributed by atoms with Crippen molar-refractivity contribution in [2.75, 3.05) is 33.3 Å². The number of carbonyl (C=O) groups excluding carboxylic acids is 1. The van der Waals surface area contributed by atoms with Gasteiger partial charge >= 0.3 is 5.97 Å². The number of esters is 1. The second-order valence-corrected chi connectivity index (χ2v) is 5.13. The Morgan fingerprint density at radius 2 is 2.12 bits per heavy atom. The van der Waals surface area contributed by atoms with Gasteiger partial charge in [-0.2, -0.15) is 0 Å². The summed E-state index contributed by atoms with van der Waals surface area (Å²) in [6.45, 7) is 9.67. The maximum Gasteiger partial charge on any atom is 0.327 e. The summed E-state index contributed by atoms with van der Waals surface area (Å²) in [5.41, 5.74) is -0.589. The van der Waals surface area contributed by atoms with Crippen LogP contribution in [-0.4, -0.2) is 49.7 Å². The van der Waals surface area contributed by atoms with Crippen molar-refractivity contribution in [1.29, 1.82) is 0 Å². The van der Waals surface area contributed by atoms with Gasteiger partial charge in [-0.25, -0.2) is 0 Å². The van der Waals surface area contributed by atoms with Crippen LogP contribution in [0.1, 0.15) is 33.6 Å². The number of hydrogen-bond acceptors (Lipinski definition) is 4. The fourth-order valence-electron chi connectivity index (χ4n) is 2.23. The average molecular weight is 242 g/mol. The summed E-state index contributed by atoms with van der Waals surface area (Å²) in [6, 6.07) is 0. The van der Waals surface area contributed by atoms with Crippen LogP contribution in [0.3, 0.4) is 0 Å². The van der Waals surface area contributed by atoms with Gasteiger partial charge in [0.05, 0.1) is 7.11 Å². The highest BCUT2D eigenvalue weighted by atomic mass is 16.5. The lowest BCUT2D eigenvalue weighted by Crippen LogP contribution is -2.57. The van der Waals surface area contributed by atoms with Crippen molar-refractivity contribution in [1.82, 2.24) is 10.2 Å². The van der Waals surface area contributed by atoms with Crippen molar-refractivity contribution < 1.29 is 9.53 Å². The molecule has 0 aromatic rings. The van der Waals surface area contributed by atoms with Crippen molar-refractivity contribution >= 4 is 5.97 Å². The Hall–Kier alpha value is -0.610. The van der Waals surface area contributed by atoms with Crippen LogP contribution in [0.25, 0.3) is 0 Å². The Morgan fingerprint density at radius 1 is 1.47 bits per heavy atom. The zero-order chi connectivity index (χ0) is 12.9. The van der Waals surface area contributed by atoms with E-state index in [-0.39, 0.29) is 5.97 Å². The van der Waals surface area contributed by atoms with Gasteiger partial charge in [0, 0.05) is 13.1 Å². The third kappa shape index (κ3) is 4.28. The second kappa shape index (κ2) is 6.36. The zero-order valence-corrected chi connectivity index (χ0v) is 11.6. The Morgan fingerprint density at radius 3 is 2.53 bits per heavy atom. The van der Waals surface area contributed by atoms with Crippen molar-refractivity contribution in [3.05, 3.63) is 0 Å². The van der Waals surface area contributed by atoms with Crippen LogP contribution in [0.5, 0.6) is 0 Å². The lowest BCUT2D eigenvalue weighted by Gasteiger charge is -2.33. The standard InChI is InChI=1S/C13H26N2O2/c1-5-14-13(3,12(16)17-4)10-15(6-2)9-11-7-8-11/h11,14H,5-10H2,1-4H3. The van der Waals surface area contributed by atoms with Crippen molar-refractivity contribution in [3.8, 4) is 0 Å². The summed E-state index contributed by atoms with van der Waals surface area (Å²) < 4.78 is 4.91. The first-order valence-electron chi connectivity index (χ1n) is 6.61. The van der Waals surface area contributed by atoms with Gasteiger partial charge in [-0.15, -0.1) is 0 Å². The van der Waals surface area contributed by atoms with Gasteiger partial charge in [-0.05, 0) is 38.8 Å². The largest absolute Gasteiger partial charge is 0.468 e. The van der Waals surface area contributed by atoms with Gasteiger partial charge in [-0.3, -0.25) is 4.79 Å². The van der Waals surface area contributed by atoms with E-state index in [0.717, 1.165) is 32.1 Å². The Kier molecular flexibility index (Phi) is 5.40. The van der Waals surface area contributed by atoms with Crippen LogP contribution in [0.15, 0.2) is 0 Å². The van der Waals surface area contributed by atoms with E-state index in [2.05, 4.69) is 17.1 Å². The molecule has 0 heterocycles. The van der Waals surface area contributed by atoms with Crippen molar-refractivity contribution in [2.45, 2.75) is 39.2 Å². The van der Waals surface area contributed by atoms with E-state index in [1.807, 2.05) is 13.8 Å². The summed E-state index contributed by atoms with van der Waals surface area (Å²) in [6.07, 6.45) is 2.68. The predicted octanol–water partition coefficient (Wildman–Crippen LogP) is 1.26. The molecule has 0 saturated heterocycles. The van der Waals surface area contributed by atoms with Gasteiger partial charge < -0.3 is 15.0 Å². The van der Waals surface area contributed by atoms with E-state index < -0.39 is 5.54 Å². The molecule has 0 amide bonds. The van der Waals surface area contributed by atoms with Crippen LogP contribution in [0, 0.1) is 5.92 Å². The molecule has 4 nitrogen and oxygen atoms in total. The molecule has 1 aliphatic carbocycles. The highest BCUT2D eigenvalue weighted by Gasteiger charge is 2.36. The minimum atomic E-state index is -0.589. The molecule has 0 spiro atoms. The van der Waals surface area contributed by atoms with Gasteiger partial charge in [0.1, 0.15) is 5.54 Å². The third-order valence-corrected chi connectivity index (χ3v) is 3.40. The van der Waals surface area contributed by atoms with E-state index in [1.54, 1.807) is 0 Å². The van der Waals surface area contributed by atoms with Gasteiger partial charge in [-0.1, -0.05) is 13.8 Å². The number of nitrogens with one attached hydrogen (secondary N) is 1. The van der Waals surface area contributed by atoms with Crippen LogP contribution in [0.4, 0.5) is 0 Å². The normalized spacial score (nSPS) is 19.1. The third-order valence-electron chi connectivity index (χ3n) is 3.40. The summed E-state index contributed by atoms with van der Waals surface area (Å²) in [4.78, 5) is 14.2. The fourth-order valence-corrected chi connectivity index (χ4v) is 2.23. The summed E-state index contributed by atoms with van der Waals surface area (Å²) in [7, 11) is 1.45. The molecule has 4 heteroatoms. The molecule has 0 aromatic heterocycles. The average Bonchev–Trinajstić information content (AvgIpc) is 3.11. The summed E-state index contributed by atoms with van der Waals surface area (Å²) >= 11 is 0. The molecule has 1 rings (SSSR count). The van der Waals surface area contributed by atoms with Gasteiger partial charge in [0.25, 0.3) is 0 Å². The molecule has 0 aromatic carbocycles. The molecule has 100 valence electrons. The van der Waals surface area contributed by atoms with Crippen LogP contribution >= 0.6 is 0 Å². The minimum Gasteiger partial charge on any atom is -0.468 e. The molecule has 1 fully saturated rings. The molecule has 0 bridgehead atoms. The molecule has 1 saturated carbocycles. The van der Waals surface area contributed by atoms with Crippen LogP contribution in [-0.2, 0) is 9.53 Å². The number of nitrogens with zero attached hydrogens (tertiary/aromatic N) is 1. The van der Waals surface area contributed by atoms with Crippen molar-refractivity contribution in [3.63, 3.8) is 0 Å². The van der Waals surface area contributed by atoms with E-state index in [0.29, 0.717) is 0 Å². The zero-order valence-electron chi connectivity index (χ0n) is 11.6. The number of likely N-dealkylation sites (N-methyl/N-ethyl adjacent to an activating group) is 2. The quantitative estimate of drug-likeness (QED) is 0.651. The lowest BCUT2D eigenvalue weighted by atomic mass is 10.0. The highest BCUT2D eigenvalue weighted by molar-refractivity contribution is 5.80. The van der Waals surface area contributed by atoms with E-state index in [1.165, 1.54) is 20.0 Å². The first-order chi connectivity index (χ1) is 8.05. The predicted molar refractivity (Wildman–Crippen MR) is 68.9 cm³/mol. The minimum absolute atomic E-state index is 0.173.